The minimum absolute atomic E-state index is 0.141. The van der Waals surface area contributed by atoms with Gasteiger partial charge in [-0.1, -0.05) is 6.07 Å². The molecule has 0 spiro atoms. The fourth-order valence-corrected chi connectivity index (χ4v) is 1.63. The van der Waals surface area contributed by atoms with Crippen LogP contribution >= 0.6 is 0 Å². The Bertz CT molecular complexity index is 372. The van der Waals surface area contributed by atoms with E-state index in [0.29, 0.717) is 30.0 Å². The Hall–Kier alpha value is -1.55. The summed E-state index contributed by atoms with van der Waals surface area (Å²) in [4.78, 5) is 10.9. The van der Waals surface area contributed by atoms with E-state index in [9.17, 15) is 4.79 Å². The number of rotatable bonds is 2. The lowest BCUT2D eigenvalue weighted by molar-refractivity contribution is 0.00817. The van der Waals surface area contributed by atoms with Crippen LogP contribution in [0, 0.1) is 0 Å². The maximum absolute atomic E-state index is 10.9. The van der Waals surface area contributed by atoms with Crippen molar-refractivity contribution < 1.29 is 14.6 Å². The first-order valence-electron chi connectivity index (χ1n) is 4.39. The van der Waals surface area contributed by atoms with Crippen molar-refractivity contribution in [2.75, 3.05) is 18.9 Å². The summed E-state index contributed by atoms with van der Waals surface area (Å²) < 4.78 is 5.03. The third kappa shape index (κ3) is 1.33. The van der Waals surface area contributed by atoms with Crippen LogP contribution in [-0.4, -0.2) is 24.3 Å². The summed E-state index contributed by atoms with van der Waals surface area (Å²) in [5.41, 5.74) is 7.29. The molecule has 0 saturated carbocycles. The van der Waals surface area contributed by atoms with Crippen LogP contribution in [0.2, 0.25) is 0 Å². The Morgan fingerprint density at radius 2 is 2.21 bits per heavy atom. The molecule has 1 aliphatic heterocycles. The number of anilines is 1. The van der Waals surface area contributed by atoms with E-state index in [-0.39, 0.29) is 5.92 Å². The van der Waals surface area contributed by atoms with Crippen molar-refractivity contribution in [2.45, 2.75) is 5.92 Å². The van der Waals surface area contributed by atoms with Gasteiger partial charge in [0.05, 0.1) is 18.8 Å². The molecule has 1 aromatic carbocycles. The van der Waals surface area contributed by atoms with Gasteiger partial charge in [-0.15, -0.1) is 0 Å². The van der Waals surface area contributed by atoms with Gasteiger partial charge in [0, 0.05) is 11.6 Å². The molecule has 0 unspecified atom stereocenters. The molecule has 0 aliphatic carbocycles. The Morgan fingerprint density at radius 1 is 1.50 bits per heavy atom. The zero-order valence-corrected chi connectivity index (χ0v) is 7.56. The van der Waals surface area contributed by atoms with E-state index >= 15 is 0 Å². The summed E-state index contributed by atoms with van der Waals surface area (Å²) in [7, 11) is 0. The van der Waals surface area contributed by atoms with E-state index in [1.54, 1.807) is 18.2 Å². The average molecular weight is 193 g/mol. The van der Waals surface area contributed by atoms with Crippen molar-refractivity contribution in [3.63, 3.8) is 0 Å². The molecule has 0 radical (unpaired) electrons. The molecule has 3 N–H and O–H groups in total. The fraction of sp³-hybridized carbons (Fsp3) is 0.300. The molecular formula is C10H11NO3. The molecule has 4 heteroatoms. The molecule has 0 atom stereocenters. The molecule has 0 amide bonds. The average Bonchev–Trinajstić information content (AvgIpc) is 2.04. The lowest BCUT2D eigenvalue weighted by Crippen LogP contribution is -2.27. The SMILES string of the molecule is Nc1cccc(C(=O)O)c1C1COC1. The molecule has 1 heterocycles. The highest BCUT2D eigenvalue weighted by molar-refractivity contribution is 5.91. The Kier molecular flexibility index (Phi) is 2.13. The van der Waals surface area contributed by atoms with Gasteiger partial charge < -0.3 is 15.6 Å². The Labute approximate surface area is 81.3 Å². The van der Waals surface area contributed by atoms with Gasteiger partial charge in [0.25, 0.3) is 0 Å². The number of ether oxygens (including phenoxy) is 1. The molecule has 2 rings (SSSR count). The third-order valence-electron chi connectivity index (χ3n) is 2.42. The Balaban J connectivity index is 2.47. The molecule has 1 aliphatic rings. The number of hydrogen-bond acceptors (Lipinski definition) is 3. The molecule has 1 fully saturated rings. The van der Waals surface area contributed by atoms with E-state index in [0.717, 1.165) is 0 Å². The summed E-state index contributed by atoms with van der Waals surface area (Å²) in [6, 6.07) is 4.95. The second kappa shape index (κ2) is 3.31. The van der Waals surface area contributed by atoms with Crippen molar-refractivity contribution in [1.29, 1.82) is 0 Å². The highest BCUT2D eigenvalue weighted by Gasteiger charge is 2.27. The normalized spacial score (nSPS) is 16.3. The topological polar surface area (TPSA) is 72.6 Å². The van der Waals surface area contributed by atoms with Crippen LogP contribution in [0.5, 0.6) is 0 Å². The summed E-state index contributed by atoms with van der Waals surface area (Å²) in [5.74, 6) is -0.790. The minimum atomic E-state index is -0.931. The molecule has 1 aromatic rings. The molecular weight excluding hydrogens is 182 g/mol. The van der Waals surface area contributed by atoms with E-state index < -0.39 is 5.97 Å². The summed E-state index contributed by atoms with van der Waals surface area (Å²) in [6.07, 6.45) is 0. The van der Waals surface area contributed by atoms with Gasteiger partial charge in [0.1, 0.15) is 0 Å². The van der Waals surface area contributed by atoms with Gasteiger partial charge in [0.15, 0.2) is 0 Å². The number of nitrogens with two attached hydrogens (primary N) is 1. The predicted octanol–water partition coefficient (Wildman–Crippen LogP) is 1.08. The molecule has 1 saturated heterocycles. The van der Waals surface area contributed by atoms with Crippen molar-refractivity contribution in [3.8, 4) is 0 Å². The van der Waals surface area contributed by atoms with E-state index in [1.807, 2.05) is 0 Å². The summed E-state index contributed by atoms with van der Waals surface area (Å²) in [5, 5.41) is 8.96. The summed E-state index contributed by atoms with van der Waals surface area (Å²) in [6.45, 7) is 1.13. The maximum Gasteiger partial charge on any atom is 0.336 e. The number of carbonyl (C=O) groups is 1. The zero-order valence-electron chi connectivity index (χ0n) is 7.56. The third-order valence-corrected chi connectivity index (χ3v) is 2.42. The monoisotopic (exact) mass is 193 g/mol. The smallest absolute Gasteiger partial charge is 0.336 e. The van der Waals surface area contributed by atoms with Crippen LogP contribution in [0.1, 0.15) is 21.8 Å². The predicted molar refractivity (Wildman–Crippen MR) is 51.4 cm³/mol. The lowest BCUT2D eigenvalue weighted by Gasteiger charge is -2.28. The first kappa shape index (κ1) is 9.02. The van der Waals surface area contributed by atoms with Gasteiger partial charge >= 0.3 is 5.97 Å². The molecule has 4 nitrogen and oxygen atoms in total. The first-order chi connectivity index (χ1) is 6.70. The quantitative estimate of drug-likeness (QED) is 0.689. The van der Waals surface area contributed by atoms with Crippen molar-refractivity contribution in [3.05, 3.63) is 29.3 Å². The molecule has 0 aromatic heterocycles. The minimum Gasteiger partial charge on any atom is -0.478 e. The van der Waals surface area contributed by atoms with Gasteiger partial charge in [-0.2, -0.15) is 0 Å². The number of hydrogen-bond donors (Lipinski definition) is 2. The number of carboxylic acid groups (broad SMARTS) is 1. The number of nitrogen functional groups attached to an aromatic ring is 1. The van der Waals surface area contributed by atoms with Gasteiger partial charge in [-0.3, -0.25) is 0 Å². The first-order valence-corrected chi connectivity index (χ1v) is 4.39. The van der Waals surface area contributed by atoms with Crippen molar-refractivity contribution in [2.24, 2.45) is 0 Å². The zero-order chi connectivity index (χ0) is 10.1. The van der Waals surface area contributed by atoms with Gasteiger partial charge in [-0.25, -0.2) is 4.79 Å². The van der Waals surface area contributed by atoms with Gasteiger partial charge in [-0.05, 0) is 17.7 Å². The Morgan fingerprint density at radius 3 is 2.71 bits per heavy atom. The van der Waals surface area contributed by atoms with E-state index in [1.165, 1.54) is 0 Å². The fourth-order valence-electron chi connectivity index (χ4n) is 1.63. The van der Waals surface area contributed by atoms with Crippen LogP contribution in [-0.2, 0) is 4.74 Å². The standard InChI is InChI=1S/C10H11NO3/c11-8-3-1-2-7(10(12)13)9(8)6-4-14-5-6/h1-3,6H,4-5,11H2,(H,12,13). The highest BCUT2D eigenvalue weighted by atomic mass is 16.5. The van der Waals surface area contributed by atoms with E-state index in [4.69, 9.17) is 15.6 Å². The van der Waals surface area contributed by atoms with Crippen LogP contribution in [0.3, 0.4) is 0 Å². The molecule has 74 valence electrons. The van der Waals surface area contributed by atoms with E-state index in [2.05, 4.69) is 0 Å². The van der Waals surface area contributed by atoms with Crippen LogP contribution in [0.15, 0.2) is 18.2 Å². The van der Waals surface area contributed by atoms with Crippen LogP contribution in [0.25, 0.3) is 0 Å². The summed E-state index contributed by atoms with van der Waals surface area (Å²) >= 11 is 0. The van der Waals surface area contributed by atoms with Crippen molar-refractivity contribution >= 4 is 11.7 Å². The number of carboxylic acids is 1. The van der Waals surface area contributed by atoms with Crippen LogP contribution < -0.4 is 5.73 Å². The number of aromatic carboxylic acids is 1. The van der Waals surface area contributed by atoms with Crippen molar-refractivity contribution in [1.82, 2.24) is 0 Å². The maximum atomic E-state index is 10.9. The number of benzene rings is 1. The second-order valence-corrected chi connectivity index (χ2v) is 3.35. The highest BCUT2D eigenvalue weighted by Crippen LogP contribution is 2.31. The lowest BCUT2D eigenvalue weighted by atomic mass is 9.91. The van der Waals surface area contributed by atoms with Gasteiger partial charge in [0.2, 0.25) is 0 Å². The van der Waals surface area contributed by atoms with Crippen LogP contribution in [0.4, 0.5) is 5.69 Å². The largest absolute Gasteiger partial charge is 0.478 e. The molecule has 0 bridgehead atoms. The molecule has 14 heavy (non-hydrogen) atoms. The second-order valence-electron chi connectivity index (χ2n) is 3.35.